The van der Waals surface area contributed by atoms with E-state index in [-0.39, 0.29) is 18.4 Å². The summed E-state index contributed by atoms with van der Waals surface area (Å²) >= 11 is 1.75. The van der Waals surface area contributed by atoms with Crippen LogP contribution in [-0.4, -0.2) is 54.4 Å². The Morgan fingerprint density at radius 1 is 1.28 bits per heavy atom. The van der Waals surface area contributed by atoms with Crippen molar-refractivity contribution >= 4 is 33.4 Å². The number of likely N-dealkylation sites (N-methyl/N-ethyl adjacent to an activating group) is 1. The van der Waals surface area contributed by atoms with Gasteiger partial charge >= 0.3 is 0 Å². The number of hydrogen-bond acceptors (Lipinski definition) is 5. The van der Waals surface area contributed by atoms with Crippen molar-refractivity contribution in [2.75, 3.05) is 32.7 Å². The van der Waals surface area contributed by atoms with Gasteiger partial charge in [-0.25, -0.2) is 4.98 Å². The summed E-state index contributed by atoms with van der Waals surface area (Å²) in [5, 5.41) is 6.52. The third-order valence-electron chi connectivity index (χ3n) is 4.35. The molecule has 0 saturated carbocycles. The van der Waals surface area contributed by atoms with Crippen molar-refractivity contribution in [1.82, 2.24) is 20.5 Å². The molecule has 0 bridgehead atoms. The molecule has 134 valence electrons. The molecule has 2 amide bonds. The number of carbonyl (C=O) groups is 2. The van der Waals surface area contributed by atoms with Crippen LogP contribution in [0.4, 0.5) is 0 Å². The van der Waals surface area contributed by atoms with Crippen LogP contribution in [0.3, 0.4) is 0 Å². The Kier molecular flexibility index (Phi) is 5.99. The monoisotopic (exact) mass is 360 g/mol. The quantitative estimate of drug-likeness (QED) is 0.823. The average molecular weight is 360 g/mol. The summed E-state index contributed by atoms with van der Waals surface area (Å²) in [4.78, 5) is 30.4. The molecule has 1 fully saturated rings. The van der Waals surface area contributed by atoms with Crippen LogP contribution in [0.15, 0.2) is 24.3 Å². The van der Waals surface area contributed by atoms with Gasteiger partial charge in [0.25, 0.3) is 0 Å². The number of benzene rings is 1. The Hall–Kier alpha value is -1.99. The number of hydrogen-bond donors (Lipinski definition) is 2. The number of carbonyl (C=O) groups excluding carboxylic acids is 2. The predicted octanol–water partition coefficient (Wildman–Crippen LogP) is 1.73. The zero-order chi connectivity index (χ0) is 17.6. The molecule has 1 aromatic heterocycles. The fourth-order valence-corrected chi connectivity index (χ4v) is 4.26. The van der Waals surface area contributed by atoms with Crippen LogP contribution in [0.1, 0.15) is 30.7 Å². The maximum Gasteiger partial charge on any atom is 0.239 e. The predicted molar refractivity (Wildman–Crippen MR) is 99.7 cm³/mol. The second kappa shape index (κ2) is 8.40. The van der Waals surface area contributed by atoms with Crippen LogP contribution in [0.5, 0.6) is 0 Å². The summed E-state index contributed by atoms with van der Waals surface area (Å²) in [5.41, 5.74) is 1.05. The van der Waals surface area contributed by atoms with Crippen molar-refractivity contribution in [3.8, 4) is 0 Å². The Morgan fingerprint density at radius 3 is 2.92 bits per heavy atom. The average Bonchev–Trinajstić information content (AvgIpc) is 3.05. The summed E-state index contributed by atoms with van der Waals surface area (Å²) < 4.78 is 1.22. The number of nitrogens with one attached hydrogen (secondary N) is 2. The van der Waals surface area contributed by atoms with Crippen LogP contribution in [0, 0.1) is 0 Å². The number of thiazole rings is 1. The van der Waals surface area contributed by atoms with Crippen LogP contribution in [0.25, 0.3) is 10.2 Å². The summed E-state index contributed by atoms with van der Waals surface area (Å²) in [7, 11) is 0. The molecule has 1 aliphatic heterocycles. The molecular formula is C18H24N4O2S. The molecule has 0 unspecified atom stereocenters. The first-order valence-electron chi connectivity index (χ1n) is 8.77. The van der Waals surface area contributed by atoms with E-state index in [4.69, 9.17) is 4.98 Å². The SMILES string of the molecule is CCNC(=O)CNC(=O)CN1CCC[C@H](c2nc3ccccc3s2)C1. The molecule has 2 N–H and O–H groups in total. The third kappa shape index (κ3) is 4.76. The number of piperidine rings is 1. The fraction of sp³-hybridized carbons (Fsp3) is 0.500. The van der Waals surface area contributed by atoms with Gasteiger partial charge in [-0.1, -0.05) is 12.1 Å². The first kappa shape index (κ1) is 17.8. The van der Waals surface area contributed by atoms with Gasteiger partial charge < -0.3 is 10.6 Å². The van der Waals surface area contributed by atoms with E-state index in [9.17, 15) is 9.59 Å². The highest BCUT2D eigenvalue weighted by Crippen LogP contribution is 2.32. The molecule has 0 aliphatic carbocycles. The number of likely N-dealkylation sites (tertiary alicyclic amines) is 1. The van der Waals surface area contributed by atoms with Gasteiger partial charge in [0.05, 0.1) is 28.3 Å². The Balaban J connectivity index is 1.54. The Bertz CT molecular complexity index is 713. The molecule has 1 aromatic carbocycles. The normalized spacial score (nSPS) is 18.2. The van der Waals surface area contributed by atoms with Crippen LogP contribution in [-0.2, 0) is 9.59 Å². The number of amides is 2. The van der Waals surface area contributed by atoms with Crippen LogP contribution in [0.2, 0.25) is 0 Å². The van der Waals surface area contributed by atoms with E-state index in [0.717, 1.165) is 36.5 Å². The molecule has 0 radical (unpaired) electrons. The number of rotatable bonds is 6. The van der Waals surface area contributed by atoms with Gasteiger partial charge in [-0.15, -0.1) is 11.3 Å². The highest BCUT2D eigenvalue weighted by atomic mass is 32.1. The fourth-order valence-electron chi connectivity index (χ4n) is 3.16. The van der Waals surface area contributed by atoms with Crippen molar-refractivity contribution in [3.05, 3.63) is 29.3 Å². The van der Waals surface area contributed by atoms with Crippen molar-refractivity contribution in [2.24, 2.45) is 0 Å². The molecule has 2 aromatic rings. The second-order valence-corrected chi connectivity index (χ2v) is 7.39. The Labute approximate surface area is 151 Å². The van der Waals surface area contributed by atoms with Gasteiger partial charge in [-0.2, -0.15) is 0 Å². The molecule has 3 rings (SSSR count). The van der Waals surface area contributed by atoms with Crippen molar-refractivity contribution < 1.29 is 9.59 Å². The van der Waals surface area contributed by atoms with Crippen molar-refractivity contribution in [1.29, 1.82) is 0 Å². The first-order valence-corrected chi connectivity index (χ1v) is 9.58. The van der Waals surface area contributed by atoms with E-state index in [1.165, 1.54) is 4.70 Å². The maximum atomic E-state index is 12.1. The van der Waals surface area contributed by atoms with Gasteiger partial charge in [0.15, 0.2) is 0 Å². The van der Waals surface area contributed by atoms with Gasteiger partial charge in [0, 0.05) is 19.0 Å². The highest BCUT2D eigenvalue weighted by Gasteiger charge is 2.25. The smallest absolute Gasteiger partial charge is 0.239 e. The van der Waals surface area contributed by atoms with E-state index in [0.29, 0.717) is 19.0 Å². The lowest BCUT2D eigenvalue weighted by Crippen LogP contribution is -2.44. The minimum atomic E-state index is -0.151. The van der Waals surface area contributed by atoms with Gasteiger partial charge in [0.2, 0.25) is 11.8 Å². The number of para-hydroxylation sites is 1. The lowest BCUT2D eigenvalue weighted by molar-refractivity contribution is -0.126. The minimum Gasteiger partial charge on any atom is -0.355 e. The molecule has 2 heterocycles. The summed E-state index contributed by atoms with van der Waals surface area (Å²) in [6, 6.07) is 8.20. The van der Waals surface area contributed by atoms with E-state index in [2.05, 4.69) is 21.6 Å². The molecule has 25 heavy (non-hydrogen) atoms. The van der Waals surface area contributed by atoms with Crippen molar-refractivity contribution in [2.45, 2.75) is 25.7 Å². The molecule has 1 saturated heterocycles. The topological polar surface area (TPSA) is 74.3 Å². The van der Waals surface area contributed by atoms with E-state index in [1.807, 2.05) is 25.1 Å². The molecule has 6 nitrogen and oxygen atoms in total. The molecule has 1 aliphatic rings. The zero-order valence-corrected chi connectivity index (χ0v) is 15.3. The number of nitrogens with zero attached hydrogens (tertiary/aromatic N) is 2. The maximum absolute atomic E-state index is 12.1. The summed E-state index contributed by atoms with van der Waals surface area (Å²) in [5.74, 6) is 0.125. The molecular weight excluding hydrogens is 336 g/mol. The largest absolute Gasteiger partial charge is 0.355 e. The van der Waals surface area contributed by atoms with Gasteiger partial charge in [0.1, 0.15) is 0 Å². The summed E-state index contributed by atoms with van der Waals surface area (Å²) in [6.45, 7) is 4.56. The molecule has 0 spiro atoms. The first-order chi connectivity index (χ1) is 12.2. The minimum absolute atomic E-state index is 0.0435. The Morgan fingerprint density at radius 2 is 2.12 bits per heavy atom. The van der Waals surface area contributed by atoms with Crippen LogP contribution < -0.4 is 10.6 Å². The lowest BCUT2D eigenvalue weighted by atomic mass is 9.99. The lowest BCUT2D eigenvalue weighted by Gasteiger charge is -2.31. The summed E-state index contributed by atoms with van der Waals surface area (Å²) in [6.07, 6.45) is 2.17. The standard InChI is InChI=1S/C18H24N4O2S/c1-2-19-16(23)10-20-17(24)12-22-9-5-6-13(11-22)18-21-14-7-3-4-8-15(14)25-18/h3-4,7-8,13H,2,5-6,9-12H2,1H3,(H,19,23)(H,20,24)/t13-/m0/s1. The number of fused-ring (bicyclic) bond motifs is 1. The molecule has 1 atom stereocenters. The van der Waals surface area contributed by atoms with Crippen molar-refractivity contribution in [3.63, 3.8) is 0 Å². The third-order valence-corrected chi connectivity index (χ3v) is 5.55. The second-order valence-electron chi connectivity index (χ2n) is 6.32. The molecule has 7 heteroatoms. The van der Waals surface area contributed by atoms with E-state index < -0.39 is 0 Å². The van der Waals surface area contributed by atoms with Gasteiger partial charge in [-0.05, 0) is 38.4 Å². The number of aromatic nitrogens is 1. The van der Waals surface area contributed by atoms with Gasteiger partial charge in [-0.3, -0.25) is 14.5 Å². The van der Waals surface area contributed by atoms with Crippen LogP contribution >= 0.6 is 11.3 Å². The van der Waals surface area contributed by atoms with E-state index >= 15 is 0 Å². The zero-order valence-electron chi connectivity index (χ0n) is 14.5. The highest BCUT2D eigenvalue weighted by molar-refractivity contribution is 7.18. The van der Waals surface area contributed by atoms with E-state index in [1.54, 1.807) is 11.3 Å².